The minimum absolute atomic E-state index is 0.155. The standard InChI is InChI=1S/C17H21N3O3S/c1-3-4-10-17(19-20-17)11-12-18-16(21)15(24(2,22)23)13-14-8-6-5-7-9-14/h1,5-9,15H,4,10-13H2,2H3,(H,18,21). The van der Waals surface area contributed by atoms with Gasteiger partial charge in [0, 0.05) is 32.1 Å². The van der Waals surface area contributed by atoms with Crippen LogP contribution in [0.5, 0.6) is 0 Å². The lowest BCUT2D eigenvalue weighted by atomic mass is 10.0. The molecular weight excluding hydrogens is 326 g/mol. The van der Waals surface area contributed by atoms with E-state index in [-0.39, 0.29) is 6.42 Å². The molecule has 1 heterocycles. The van der Waals surface area contributed by atoms with Gasteiger partial charge in [0.25, 0.3) is 0 Å². The van der Waals surface area contributed by atoms with E-state index in [1.165, 1.54) is 0 Å². The highest BCUT2D eigenvalue weighted by atomic mass is 32.2. The molecule has 0 saturated carbocycles. The Morgan fingerprint density at radius 3 is 2.50 bits per heavy atom. The Balaban J connectivity index is 1.91. The molecule has 128 valence electrons. The van der Waals surface area contributed by atoms with E-state index >= 15 is 0 Å². The van der Waals surface area contributed by atoms with Crippen molar-refractivity contribution in [3.63, 3.8) is 0 Å². The number of amides is 1. The van der Waals surface area contributed by atoms with Gasteiger partial charge in [-0.2, -0.15) is 10.2 Å². The van der Waals surface area contributed by atoms with Crippen LogP contribution in [0.15, 0.2) is 40.6 Å². The summed E-state index contributed by atoms with van der Waals surface area (Å²) in [5, 5.41) is 9.57. The van der Waals surface area contributed by atoms with E-state index in [4.69, 9.17) is 6.42 Å². The van der Waals surface area contributed by atoms with Crippen LogP contribution in [0.4, 0.5) is 0 Å². The summed E-state index contributed by atoms with van der Waals surface area (Å²) in [5.41, 5.74) is 0.320. The van der Waals surface area contributed by atoms with Crippen LogP contribution >= 0.6 is 0 Å². The minimum Gasteiger partial charge on any atom is -0.355 e. The maximum absolute atomic E-state index is 12.3. The molecule has 1 aliphatic heterocycles. The zero-order valence-electron chi connectivity index (χ0n) is 13.6. The molecule has 7 heteroatoms. The average Bonchev–Trinajstić information content (AvgIpc) is 3.30. The first-order chi connectivity index (χ1) is 11.4. The van der Waals surface area contributed by atoms with E-state index < -0.39 is 26.7 Å². The van der Waals surface area contributed by atoms with Crippen molar-refractivity contribution < 1.29 is 13.2 Å². The molecule has 2 rings (SSSR count). The predicted molar refractivity (Wildman–Crippen MR) is 92.1 cm³/mol. The zero-order valence-corrected chi connectivity index (χ0v) is 14.4. The smallest absolute Gasteiger partial charge is 0.238 e. The quantitative estimate of drug-likeness (QED) is 0.690. The lowest BCUT2D eigenvalue weighted by Gasteiger charge is -2.16. The number of carbonyl (C=O) groups excluding carboxylic acids is 1. The minimum atomic E-state index is -3.51. The Labute approximate surface area is 142 Å². The van der Waals surface area contributed by atoms with Crippen molar-refractivity contribution in [2.75, 3.05) is 12.8 Å². The lowest BCUT2D eigenvalue weighted by Crippen LogP contribution is -2.42. The van der Waals surface area contributed by atoms with Gasteiger partial charge in [0.05, 0.1) is 0 Å². The largest absolute Gasteiger partial charge is 0.355 e. The van der Waals surface area contributed by atoms with Gasteiger partial charge < -0.3 is 5.32 Å². The van der Waals surface area contributed by atoms with E-state index in [9.17, 15) is 13.2 Å². The summed E-state index contributed by atoms with van der Waals surface area (Å²) in [5.74, 6) is 2.05. The molecule has 0 aromatic heterocycles. The predicted octanol–water partition coefficient (Wildman–Crippen LogP) is 1.72. The van der Waals surface area contributed by atoms with Gasteiger partial charge in [0.2, 0.25) is 5.91 Å². The molecule has 1 aliphatic rings. The summed E-state index contributed by atoms with van der Waals surface area (Å²) < 4.78 is 23.9. The van der Waals surface area contributed by atoms with Crippen LogP contribution in [0.1, 0.15) is 24.8 Å². The van der Waals surface area contributed by atoms with E-state index in [0.717, 1.165) is 11.8 Å². The van der Waals surface area contributed by atoms with Gasteiger partial charge in [-0.15, -0.1) is 12.3 Å². The Morgan fingerprint density at radius 2 is 1.96 bits per heavy atom. The van der Waals surface area contributed by atoms with Crippen LogP contribution in [0.3, 0.4) is 0 Å². The van der Waals surface area contributed by atoms with Gasteiger partial charge in [-0.25, -0.2) is 8.42 Å². The first-order valence-electron chi connectivity index (χ1n) is 7.74. The van der Waals surface area contributed by atoms with E-state index in [1.54, 1.807) is 0 Å². The second kappa shape index (κ2) is 7.58. The number of hydrogen-bond donors (Lipinski definition) is 1. The van der Waals surface area contributed by atoms with Crippen molar-refractivity contribution in [1.29, 1.82) is 0 Å². The molecule has 0 aliphatic carbocycles. The van der Waals surface area contributed by atoms with E-state index in [2.05, 4.69) is 21.5 Å². The fourth-order valence-corrected chi connectivity index (χ4v) is 3.40. The summed E-state index contributed by atoms with van der Waals surface area (Å²) in [4.78, 5) is 12.3. The molecule has 0 bridgehead atoms. The Bertz CT molecular complexity index is 745. The first kappa shape index (κ1) is 18.1. The van der Waals surface area contributed by atoms with Gasteiger partial charge in [0.15, 0.2) is 15.5 Å². The highest BCUT2D eigenvalue weighted by molar-refractivity contribution is 7.92. The molecule has 0 saturated heterocycles. The van der Waals surface area contributed by atoms with Crippen LogP contribution < -0.4 is 5.32 Å². The van der Waals surface area contributed by atoms with Crippen molar-refractivity contribution in [1.82, 2.24) is 5.32 Å². The van der Waals surface area contributed by atoms with Crippen molar-refractivity contribution in [3.8, 4) is 12.3 Å². The zero-order chi connectivity index (χ0) is 17.6. The summed E-state index contributed by atoms with van der Waals surface area (Å²) in [7, 11) is -3.51. The molecule has 24 heavy (non-hydrogen) atoms. The molecule has 1 amide bonds. The molecule has 0 spiro atoms. The lowest BCUT2D eigenvalue weighted by molar-refractivity contribution is -0.120. The van der Waals surface area contributed by atoms with Crippen molar-refractivity contribution in [3.05, 3.63) is 35.9 Å². The third-order valence-corrected chi connectivity index (χ3v) is 5.36. The number of carbonyl (C=O) groups is 1. The van der Waals surface area contributed by atoms with Crippen molar-refractivity contribution >= 4 is 15.7 Å². The monoisotopic (exact) mass is 347 g/mol. The van der Waals surface area contributed by atoms with Crippen LogP contribution in [-0.2, 0) is 21.1 Å². The van der Waals surface area contributed by atoms with Gasteiger partial charge in [-0.3, -0.25) is 4.79 Å². The van der Waals surface area contributed by atoms with E-state index in [1.807, 2.05) is 30.3 Å². The normalized spacial score (nSPS) is 16.2. The summed E-state index contributed by atoms with van der Waals surface area (Å²) in [6.07, 6.45) is 8.22. The number of sulfone groups is 1. The molecule has 6 nitrogen and oxygen atoms in total. The first-order valence-corrected chi connectivity index (χ1v) is 9.70. The number of terminal acetylenes is 1. The van der Waals surface area contributed by atoms with Gasteiger partial charge in [-0.05, 0) is 12.0 Å². The number of nitrogens with zero attached hydrogens (tertiary/aromatic N) is 2. The summed E-state index contributed by atoms with van der Waals surface area (Å²) in [6.45, 7) is 0.317. The molecule has 0 radical (unpaired) electrons. The average molecular weight is 347 g/mol. The second-order valence-corrected chi connectivity index (χ2v) is 8.16. The topological polar surface area (TPSA) is 88.0 Å². The highest BCUT2D eigenvalue weighted by Crippen LogP contribution is 2.36. The third kappa shape index (κ3) is 5.17. The molecule has 1 aromatic carbocycles. The van der Waals surface area contributed by atoms with Crippen molar-refractivity contribution in [2.45, 2.75) is 36.6 Å². The highest BCUT2D eigenvalue weighted by Gasteiger charge is 2.39. The molecule has 1 N–H and O–H groups in total. The van der Waals surface area contributed by atoms with Gasteiger partial charge in [-0.1, -0.05) is 30.3 Å². The van der Waals surface area contributed by atoms with E-state index in [0.29, 0.717) is 25.8 Å². The van der Waals surface area contributed by atoms with Gasteiger partial charge in [0.1, 0.15) is 5.25 Å². The van der Waals surface area contributed by atoms with Gasteiger partial charge >= 0.3 is 0 Å². The second-order valence-electron chi connectivity index (χ2n) is 5.94. The molecule has 1 aromatic rings. The SMILES string of the molecule is C#CCCC1(CCNC(=O)C(Cc2ccccc2)S(C)(=O)=O)N=N1. The summed E-state index contributed by atoms with van der Waals surface area (Å²) >= 11 is 0. The number of benzene rings is 1. The molecule has 1 unspecified atom stereocenters. The number of nitrogens with one attached hydrogen (secondary N) is 1. The molecular formula is C17H21N3O3S. The molecule has 1 atom stereocenters. The Kier molecular flexibility index (Phi) is 5.73. The van der Waals surface area contributed by atoms with Crippen LogP contribution in [0, 0.1) is 12.3 Å². The van der Waals surface area contributed by atoms with Crippen LogP contribution in [0.2, 0.25) is 0 Å². The van der Waals surface area contributed by atoms with Crippen LogP contribution in [-0.4, -0.2) is 38.0 Å². The Hall–Kier alpha value is -2.20. The third-order valence-electron chi connectivity index (χ3n) is 3.95. The molecule has 0 fully saturated rings. The van der Waals surface area contributed by atoms with Crippen LogP contribution in [0.25, 0.3) is 0 Å². The maximum Gasteiger partial charge on any atom is 0.238 e. The Morgan fingerprint density at radius 1 is 1.29 bits per heavy atom. The fourth-order valence-electron chi connectivity index (χ4n) is 2.43. The maximum atomic E-state index is 12.3. The summed E-state index contributed by atoms with van der Waals surface area (Å²) in [6, 6.07) is 9.09. The number of hydrogen-bond acceptors (Lipinski definition) is 5. The fraction of sp³-hybridized carbons (Fsp3) is 0.471. The number of rotatable bonds is 9. The van der Waals surface area contributed by atoms with Crippen molar-refractivity contribution in [2.24, 2.45) is 10.2 Å².